The van der Waals surface area contributed by atoms with Crippen LogP contribution >= 0.6 is 0 Å². The molecule has 2 nitrogen and oxygen atoms in total. The topological polar surface area (TPSA) is 15.3 Å². The van der Waals surface area contributed by atoms with Crippen LogP contribution in [0.4, 0.5) is 0 Å². The molecule has 0 aromatic heterocycles. The van der Waals surface area contributed by atoms with E-state index >= 15 is 0 Å². The predicted octanol–water partition coefficient (Wildman–Crippen LogP) is 1.37. The zero-order valence-corrected chi connectivity index (χ0v) is 6.73. The minimum Gasteiger partial charge on any atom is -0.324 e. The summed E-state index contributed by atoms with van der Waals surface area (Å²) in [6, 6.07) is 0. The highest BCUT2D eigenvalue weighted by atomic mass is 15.5. The molecule has 0 rings (SSSR count). The second-order valence-corrected chi connectivity index (χ2v) is 2.10. The molecule has 0 saturated carbocycles. The maximum atomic E-state index is 3.17. The molecular formula is C7H16N2. The van der Waals surface area contributed by atoms with Crippen LogP contribution in [-0.4, -0.2) is 18.6 Å². The van der Waals surface area contributed by atoms with Gasteiger partial charge >= 0.3 is 0 Å². The van der Waals surface area contributed by atoms with Gasteiger partial charge in [-0.25, -0.2) is 5.01 Å². The van der Waals surface area contributed by atoms with Crippen molar-refractivity contribution in [1.82, 2.24) is 10.4 Å². The van der Waals surface area contributed by atoms with Gasteiger partial charge in [0.25, 0.3) is 0 Å². The van der Waals surface area contributed by atoms with Gasteiger partial charge in [0.05, 0.1) is 0 Å². The van der Waals surface area contributed by atoms with Crippen LogP contribution in [0.25, 0.3) is 0 Å². The van der Waals surface area contributed by atoms with Crippen LogP contribution in [0.1, 0.15) is 20.8 Å². The molecule has 9 heavy (non-hydrogen) atoms. The zero-order valence-electron chi connectivity index (χ0n) is 6.73. The van der Waals surface area contributed by atoms with Crippen LogP contribution in [0.15, 0.2) is 11.8 Å². The third kappa shape index (κ3) is 4.03. The van der Waals surface area contributed by atoms with Crippen molar-refractivity contribution in [2.24, 2.45) is 0 Å². The Hall–Kier alpha value is -0.500. The Bertz CT molecular complexity index is 97.1. The minimum atomic E-state index is 1.02. The summed E-state index contributed by atoms with van der Waals surface area (Å²) >= 11 is 0. The number of hydrazine groups is 1. The number of rotatable bonds is 3. The average molecular weight is 128 g/mol. The highest BCUT2D eigenvalue weighted by molar-refractivity contribution is 4.90. The summed E-state index contributed by atoms with van der Waals surface area (Å²) in [6.45, 7) is 7.19. The summed E-state index contributed by atoms with van der Waals surface area (Å²) < 4.78 is 0. The van der Waals surface area contributed by atoms with E-state index in [-0.39, 0.29) is 0 Å². The van der Waals surface area contributed by atoms with Crippen LogP contribution in [-0.2, 0) is 0 Å². The number of hydrogen-bond acceptors (Lipinski definition) is 2. The third-order valence-corrected chi connectivity index (χ3v) is 1.27. The number of nitrogens with one attached hydrogen (secondary N) is 1. The molecule has 0 unspecified atom stereocenters. The lowest BCUT2D eigenvalue weighted by Crippen LogP contribution is -2.32. The van der Waals surface area contributed by atoms with Crippen molar-refractivity contribution in [1.29, 1.82) is 0 Å². The fourth-order valence-corrected chi connectivity index (χ4v) is 0.445. The molecule has 54 valence electrons. The largest absolute Gasteiger partial charge is 0.324 e. The van der Waals surface area contributed by atoms with E-state index < -0.39 is 0 Å². The van der Waals surface area contributed by atoms with E-state index in [1.54, 1.807) is 0 Å². The van der Waals surface area contributed by atoms with Crippen LogP contribution in [0.5, 0.6) is 0 Å². The first-order valence-electron chi connectivity index (χ1n) is 3.31. The van der Waals surface area contributed by atoms with Gasteiger partial charge in [0.1, 0.15) is 0 Å². The predicted molar refractivity (Wildman–Crippen MR) is 40.9 cm³/mol. The Balaban J connectivity index is 3.47. The second-order valence-electron chi connectivity index (χ2n) is 2.10. The lowest BCUT2D eigenvalue weighted by molar-refractivity contribution is 0.280. The maximum Gasteiger partial charge on any atom is 0.0190 e. The average Bonchev–Trinajstić information content (AvgIpc) is 1.87. The standard InChI is InChI=1S/C7H16N2/c1-5-7(3)8-9(4)6-2/h5,8H,6H2,1-4H3/b7-5-. The molecule has 0 atom stereocenters. The van der Waals surface area contributed by atoms with Gasteiger partial charge in [0.2, 0.25) is 0 Å². The van der Waals surface area contributed by atoms with E-state index in [4.69, 9.17) is 0 Å². The van der Waals surface area contributed by atoms with Crippen molar-refractivity contribution >= 4 is 0 Å². The quantitative estimate of drug-likeness (QED) is 0.577. The zero-order chi connectivity index (χ0) is 7.28. The second kappa shape index (κ2) is 4.39. The molecule has 0 saturated heterocycles. The lowest BCUT2D eigenvalue weighted by atomic mass is 10.5. The summed E-state index contributed by atoms with van der Waals surface area (Å²) in [7, 11) is 2.02. The summed E-state index contributed by atoms with van der Waals surface area (Å²) in [6.07, 6.45) is 2.05. The van der Waals surface area contributed by atoms with E-state index in [1.165, 1.54) is 5.70 Å². The van der Waals surface area contributed by atoms with Crippen molar-refractivity contribution in [2.45, 2.75) is 20.8 Å². The molecule has 2 heteroatoms. The molecule has 0 fully saturated rings. The smallest absolute Gasteiger partial charge is 0.0190 e. The van der Waals surface area contributed by atoms with Gasteiger partial charge in [0, 0.05) is 19.3 Å². The Morgan fingerprint density at radius 1 is 1.67 bits per heavy atom. The fourth-order valence-electron chi connectivity index (χ4n) is 0.445. The van der Waals surface area contributed by atoms with Crippen molar-refractivity contribution in [3.8, 4) is 0 Å². The molecule has 0 aliphatic rings. The van der Waals surface area contributed by atoms with Crippen LogP contribution in [0.3, 0.4) is 0 Å². The van der Waals surface area contributed by atoms with Crippen LogP contribution in [0, 0.1) is 0 Å². The van der Waals surface area contributed by atoms with Crippen LogP contribution < -0.4 is 5.43 Å². The first kappa shape index (κ1) is 8.50. The Kier molecular flexibility index (Phi) is 4.14. The maximum absolute atomic E-state index is 3.17. The highest BCUT2D eigenvalue weighted by Gasteiger charge is 1.89. The monoisotopic (exact) mass is 128 g/mol. The van der Waals surface area contributed by atoms with Crippen LogP contribution in [0.2, 0.25) is 0 Å². The Morgan fingerprint density at radius 3 is 2.56 bits per heavy atom. The number of allylic oxidation sites excluding steroid dienone is 2. The van der Waals surface area contributed by atoms with Crippen molar-refractivity contribution in [3.05, 3.63) is 11.8 Å². The van der Waals surface area contributed by atoms with E-state index in [0.717, 1.165) is 6.54 Å². The first-order valence-corrected chi connectivity index (χ1v) is 3.31. The van der Waals surface area contributed by atoms with Crippen molar-refractivity contribution in [2.75, 3.05) is 13.6 Å². The van der Waals surface area contributed by atoms with Gasteiger partial charge in [-0.3, -0.25) is 0 Å². The molecule has 1 N–H and O–H groups in total. The summed E-state index contributed by atoms with van der Waals surface area (Å²) in [5.74, 6) is 0. The molecule has 0 bridgehead atoms. The molecule has 0 radical (unpaired) electrons. The van der Waals surface area contributed by atoms with Crippen molar-refractivity contribution in [3.63, 3.8) is 0 Å². The van der Waals surface area contributed by atoms with Gasteiger partial charge in [0.15, 0.2) is 0 Å². The SMILES string of the molecule is C/C=C(/C)NN(C)CC. The fraction of sp³-hybridized carbons (Fsp3) is 0.714. The first-order chi connectivity index (χ1) is 4.20. The molecule has 0 amide bonds. The van der Waals surface area contributed by atoms with Gasteiger partial charge in [-0.05, 0) is 13.8 Å². The van der Waals surface area contributed by atoms with E-state index in [2.05, 4.69) is 12.3 Å². The third-order valence-electron chi connectivity index (χ3n) is 1.27. The number of hydrogen-bond donors (Lipinski definition) is 1. The molecule has 0 aromatic carbocycles. The molecule has 0 aromatic rings. The Labute approximate surface area is 57.5 Å². The highest BCUT2D eigenvalue weighted by Crippen LogP contribution is 1.85. The lowest BCUT2D eigenvalue weighted by Gasteiger charge is -2.16. The van der Waals surface area contributed by atoms with Gasteiger partial charge < -0.3 is 5.43 Å². The van der Waals surface area contributed by atoms with E-state index in [0.29, 0.717) is 0 Å². The summed E-state index contributed by atoms with van der Waals surface area (Å²) in [5, 5.41) is 2.04. The minimum absolute atomic E-state index is 1.02. The van der Waals surface area contributed by atoms with Gasteiger partial charge in [-0.2, -0.15) is 0 Å². The molecule has 0 aliphatic heterocycles. The molecule has 0 spiro atoms. The number of nitrogens with zero attached hydrogens (tertiary/aromatic N) is 1. The summed E-state index contributed by atoms with van der Waals surface area (Å²) in [4.78, 5) is 0. The van der Waals surface area contributed by atoms with E-state index in [9.17, 15) is 0 Å². The Morgan fingerprint density at radius 2 is 2.22 bits per heavy atom. The van der Waals surface area contributed by atoms with Gasteiger partial charge in [-0.15, -0.1) is 0 Å². The van der Waals surface area contributed by atoms with Crippen molar-refractivity contribution < 1.29 is 0 Å². The normalized spacial score (nSPS) is 12.3. The molecular weight excluding hydrogens is 112 g/mol. The van der Waals surface area contributed by atoms with E-state index in [1.807, 2.05) is 32.0 Å². The van der Waals surface area contributed by atoms with Gasteiger partial charge in [-0.1, -0.05) is 13.0 Å². The molecule has 0 heterocycles. The summed E-state index contributed by atoms with van der Waals surface area (Å²) in [5.41, 5.74) is 4.37. The molecule has 0 aliphatic carbocycles.